The SMILES string of the molecule is CCC[CH2][Sn]([CH2]CCC)([CH2]CCC)[O]C(=O)c1cc(F)c(F)c(OC)c1F. The molecule has 0 spiro atoms. The molecule has 1 aromatic rings. The van der Waals surface area contributed by atoms with Gasteiger partial charge in [-0.05, 0) is 0 Å². The zero-order chi connectivity index (χ0) is 20.4. The molecule has 1 rings (SSSR count). The summed E-state index contributed by atoms with van der Waals surface area (Å²) in [6.07, 6.45) is 5.84. The van der Waals surface area contributed by atoms with Crippen LogP contribution in [-0.2, 0) is 3.07 Å². The summed E-state index contributed by atoms with van der Waals surface area (Å²) in [5, 5.41) is 0. The van der Waals surface area contributed by atoms with Gasteiger partial charge in [0.15, 0.2) is 0 Å². The van der Waals surface area contributed by atoms with Crippen molar-refractivity contribution in [1.29, 1.82) is 0 Å². The van der Waals surface area contributed by atoms with E-state index in [1.165, 1.54) is 0 Å². The minimum absolute atomic E-state index is 0.575. The Morgan fingerprint density at radius 3 is 1.81 bits per heavy atom. The molecule has 0 N–H and O–H groups in total. The van der Waals surface area contributed by atoms with Gasteiger partial charge in [0.25, 0.3) is 0 Å². The van der Waals surface area contributed by atoms with E-state index < -0.39 is 53.5 Å². The number of rotatable bonds is 12. The third-order valence-corrected chi connectivity index (χ3v) is 17.4. The van der Waals surface area contributed by atoms with Crippen molar-refractivity contribution in [3.8, 4) is 5.75 Å². The zero-order valence-electron chi connectivity index (χ0n) is 16.8. The quantitative estimate of drug-likeness (QED) is 0.242. The Labute approximate surface area is 165 Å². The summed E-state index contributed by atoms with van der Waals surface area (Å²) in [6.45, 7) is 6.24. The van der Waals surface area contributed by atoms with Gasteiger partial charge in [-0.3, -0.25) is 0 Å². The van der Waals surface area contributed by atoms with Gasteiger partial charge in [-0.2, -0.15) is 0 Å². The first-order valence-corrected chi connectivity index (χ1v) is 17.0. The van der Waals surface area contributed by atoms with Crippen molar-refractivity contribution >= 4 is 24.8 Å². The maximum atomic E-state index is 14.5. The molecule has 0 saturated carbocycles. The molecule has 0 aliphatic carbocycles. The zero-order valence-corrected chi connectivity index (χ0v) is 19.7. The molecule has 0 radical (unpaired) electrons. The summed E-state index contributed by atoms with van der Waals surface area (Å²) in [5.74, 6) is -5.74. The van der Waals surface area contributed by atoms with Crippen LogP contribution >= 0.6 is 0 Å². The molecule has 7 heteroatoms. The molecule has 0 amide bonds. The standard InChI is InChI=1S/C8H5F3O3.3C4H9.Sn/c1-14-7-5(10)3(8(12)13)2-4(9)6(7)11;3*1-3-4-2;/h2H,1H3,(H,12,13);3*1,3-4H2,2H3;/q;;;;+1/p-1. The van der Waals surface area contributed by atoms with E-state index in [0.29, 0.717) is 6.07 Å². The molecular weight excluding hydrogens is 464 g/mol. The first-order valence-electron chi connectivity index (χ1n) is 9.80. The molecule has 0 aromatic heterocycles. The van der Waals surface area contributed by atoms with Crippen LogP contribution in [0.25, 0.3) is 0 Å². The second-order valence-electron chi connectivity index (χ2n) is 6.95. The molecule has 0 aliphatic rings. The molecular formula is C20H31F3O3Sn. The summed E-state index contributed by atoms with van der Waals surface area (Å²) in [6, 6.07) is 0.575. The molecule has 0 unspecified atom stereocenters. The normalized spacial score (nSPS) is 11.5. The first-order chi connectivity index (χ1) is 12.9. The average Bonchev–Trinajstić information content (AvgIpc) is 2.66. The van der Waals surface area contributed by atoms with Gasteiger partial charge in [-0.15, -0.1) is 0 Å². The van der Waals surface area contributed by atoms with Gasteiger partial charge in [0, 0.05) is 0 Å². The Balaban J connectivity index is 3.22. The molecule has 0 aliphatic heterocycles. The number of carbonyl (C=O) groups excluding carboxylic acids is 1. The van der Waals surface area contributed by atoms with Gasteiger partial charge in [0.2, 0.25) is 0 Å². The predicted molar refractivity (Wildman–Crippen MR) is 103 cm³/mol. The number of halogens is 3. The minimum atomic E-state index is -3.35. The van der Waals surface area contributed by atoms with Crippen LogP contribution in [0, 0.1) is 17.5 Å². The Morgan fingerprint density at radius 1 is 0.926 bits per heavy atom. The van der Waals surface area contributed by atoms with Crippen molar-refractivity contribution in [3.63, 3.8) is 0 Å². The van der Waals surface area contributed by atoms with Crippen LogP contribution in [0.2, 0.25) is 13.3 Å². The van der Waals surface area contributed by atoms with Crippen molar-refractivity contribution in [2.75, 3.05) is 7.11 Å². The number of benzene rings is 1. The van der Waals surface area contributed by atoms with Crippen LogP contribution in [0.1, 0.15) is 69.7 Å². The summed E-state index contributed by atoms with van der Waals surface area (Å²) < 4.78 is 55.2. The summed E-state index contributed by atoms with van der Waals surface area (Å²) in [7, 11) is 1.03. The third-order valence-electron chi connectivity index (χ3n) is 4.81. The van der Waals surface area contributed by atoms with Crippen molar-refractivity contribution in [2.24, 2.45) is 0 Å². The first kappa shape index (κ1) is 24.1. The topological polar surface area (TPSA) is 35.5 Å². The fourth-order valence-corrected chi connectivity index (χ4v) is 16.2. The molecule has 154 valence electrons. The monoisotopic (exact) mass is 496 g/mol. The maximum absolute atomic E-state index is 14.5. The van der Waals surface area contributed by atoms with Gasteiger partial charge in [0.05, 0.1) is 0 Å². The number of ether oxygens (including phenoxy) is 1. The Bertz CT molecular complexity index is 601. The van der Waals surface area contributed by atoms with E-state index in [4.69, 9.17) is 3.07 Å². The molecule has 1 aromatic carbocycles. The molecule has 0 bridgehead atoms. The van der Waals surface area contributed by atoms with Crippen LogP contribution < -0.4 is 4.74 Å². The summed E-state index contributed by atoms with van der Waals surface area (Å²) in [4.78, 5) is 12.7. The van der Waals surface area contributed by atoms with Crippen molar-refractivity contribution < 1.29 is 25.8 Å². The third kappa shape index (κ3) is 6.57. The summed E-state index contributed by atoms with van der Waals surface area (Å²) >= 11 is -3.35. The van der Waals surface area contributed by atoms with Crippen molar-refractivity contribution in [3.05, 3.63) is 29.1 Å². The van der Waals surface area contributed by atoms with Gasteiger partial charge >= 0.3 is 165 Å². The van der Waals surface area contributed by atoms with Gasteiger partial charge in [0.1, 0.15) is 0 Å². The second kappa shape index (κ2) is 11.8. The van der Waals surface area contributed by atoms with E-state index >= 15 is 0 Å². The molecule has 0 heterocycles. The number of hydrogen-bond acceptors (Lipinski definition) is 3. The van der Waals surface area contributed by atoms with Gasteiger partial charge in [-0.25, -0.2) is 0 Å². The van der Waals surface area contributed by atoms with E-state index in [1.807, 2.05) is 0 Å². The Hall–Kier alpha value is -0.921. The number of hydrogen-bond donors (Lipinski definition) is 0. The molecule has 27 heavy (non-hydrogen) atoms. The molecule has 3 nitrogen and oxygen atoms in total. The summed E-state index contributed by atoms with van der Waals surface area (Å²) in [5.41, 5.74) is -0.587. The van der Waals surface area contributed by atoms with E-state index in [9.17, 15) is 18.0 Å². The number of methoxy groups -OCH3 is 1. The Morgan fingerprint density at radius 2 is 1.41 bits per heavy atom. The van der Waals surface area contributed by atoms with E-state index in [1.54, 1.807) is 0 Å². The van der Waals surface area contributed by atoms with Crippen LogP contribution in [-0.4, -0.2) is 31.9 Å². The predicted octanol–water partition coefficient (Wildman–Crippen LogP) is 6.62. The second-order valence-corrected chi connectivity index (χ2v) is 18.6. The molecule has 0 fully saturated rings. The van der Waals surface area contributed by atoms with Gasteiger partial charge < -0.3 is 0 Å². The fourth-order valence-electron chi connectivity index (χ4n) is 3.18. The van der Waals surface area contributed by atoms with Gasteiger partial charge in [-0.1, -0.05) is 0 Å². The van der Waals surface area contributed by atoms with Crippen LogP contribution in [0.3, 0.4) is 0 Å². The Kier molecular flexibility index (Phi) is 10.6. The van der Waals surface area contributed by atoms with E-state index in [2.05, 4.69) is 25.5 Å². The molecule has 0 atom stereocenters. The number of unbranched alkanes of at least 4 members (excludes halogenated alkanes) is 3. The van der Waals surface area contributed by atoms with Crippen LogP contribution in [0.4, 0.5) is 13.2 Å². The van der Waals surface area contributed by atoms with Crippen molar-refractivity contribution in [1.82, 2.24) is 0 Å². The molecule has 0 saturated heterocycles. The van der Waals surface area contributed by atoms with E-state index in [-0.39, 0.29) is 0 Å². The fraction of sp³-hybridized carbons (Fsp3) is 0.650. The van der Waals surface area contributed by atoms with Crippen LogP contribution in [0.5, 0.6) is 5.75 Å². The van der Waals surface area contributed by atoms with Crippen LogP contribution in [0.15, 0.2) is 6.07 Å². The van der Waals surface area contributed by atoms with E-state index in [0.717, 1.165) is 58.9 Å². The number of carbonyl (C=O) groups is 1. The van der Waals surface area contributed by atoms with Crippen molar-refractivity contribution in [2.45, 2.75) is 72.6 Å². The average molecular weight is 495 g/mol.